The Bertz CT molecular complexity index is 620. The van der Waals surface area contributed by atoms with Crippen LogP contribution >= 0.6 is 11.6 Å². The summed E-state index contributed by atoms with van der Waals surface area (Å²) in [6, 6.07) is 8.05. The minimum Gasteiger partial charge on any atom is -0.298 e. The van der Waals surface area contributed by atoms with Crippen molar-refractivity contribution in [3.8, 4) is 11.1 Å². The lowest BCUT2D eigenvalue weighted by molar-refractivity contribution is 0.112. The summed E-state index contributed by atoms with van der Waals surface area (Å²) in [6.07, 6.45) is 2.38. The molecule has 1 aromatic heterocycles. The molecule has 0 aliphatic carbocycles. The van der Waals surface area contributed by atoms with Gasteiger partial charge in [-0.2, -0.15) is 0 Å². The molecule has 0 N–H and O–H groups in total. The summed E-state index contributed by atoms with van der Waals surface area (Å²) < 4.78 is 0. The van der Waals surface area contributed by atoms with Crippen molar-refractivity contribution in [2.24, 2.45) is 0 Å². The third-order valence-corrected chi connectivity index (χ3v) is 3.56. The van der Waals surface area contributed by atoms with Crippen LogP contribution in [0.4, 0.5) is 0 Å². The fourth-order valence-electron chi connectivity index (χ4n) is 2.30. The van der Waals surface area contributed by atoms with E-state index in [0.29, 0.717) is 11.5 Å². The van der Waals surface area contributed by atoms with E-state index in [1.165, 1.54) is 11.1 Å². The largest absolute Gasteiger partial charge is 0.298 e. The molecule has 2 aromatic rings. The number of aryl methyl sites for hydroxylation is 1. The van der Waals surface area contributed by atoms with Crippen LogP contribution in [0.5, 0.6) is 0 Å². The van der Waals surface area contributed by atoms with Crippen molar-refractivity contribution in [2.75, 3.05) is 0 Å². The van der Waals surface area contributed by atoms with Crippen LogP contribution in [0.3, 0.4) is 0 Å². The van der Waals surface area contributed by atoms with Gasteiger partial charge < -0.3 is 0 Å². The molecule has 0 saturated heterocycles. The molecule has 98 valence electrons. The zero-order valence-corrected chi connectivity index (χ0v) is 12.0. The first kappa shape index (κ1) is 13.8. The molecule has 0 bridgehead atoms. The molecule has 0 fully saturated rings. The summed E-state index contributed by atoms with van der Waals surface area (Å²) in [6.45, 7) is 6.42. The molecule has 2 nitrogen and oxygen atoms in total. The standard InChI is InChI=1S/C16H16ClNO/c1-10(2)13-5-4-12(8-11(13)3)14-6-7-18-16(17)15(14)9-19/h4-10H,1-3H3. The van der Waals surface area contributed by atoms with Crippen LogP contribution < -0.4 is 0 Å². The Labute approximate surface area is 118 Å². The fraction of sp³-hybridized carbons (Fsp3) is 0.250. The van der Waals surface area contributed by atoms with Crippen LogP contribution in [0.25, 0.3) is 11.1 Å². The summed E-state index contributed by atoms with van der Waals surface area (Å²) in [5.41, 5.74) is 4.80. The van der Waals surface area contributed by atoms with Gasteiger partial charge in [0.2, 0.25) is 0 Å². The molecule has 0 aliphatic rings. The zero-order chi connectivity index (χ0) is 14.0. The second kappa shape index (κ2) is 5.54. The molecular weight excluding hydrogens is 258 g/mol. The number of nitrogens with zero attached hydrogens (tertiary/aromatic N) is 1. The van der Waals surface area contributed by atoms with Crippen molar-refractivity contribution in [1.82, 2.24) is 4.98 Å². The zero-order valence-electron chi connectivity index (χ0n) is 11.3. The highest BCUT2D eigenvalue weighted by molar-refractivity contribution is 6.32. The SMILES string of the molecule is Cc1cc(-c2ccnc(Cl)c2C=O)ccc1C(C)C. The first-order chi connectivity index (χ1) is 9.04. The van der Waals surface area contributed by atoms with Gasteiger partial charge >= 0.3 is 0 Å². The van der Waals surface area contributed by atoms with E-state index in [4.69, 9.17) is 11.6 Å². The summed E-state index contributed by atoms with van der Waals surface area (Å²) >= 11 is 5.96. The lowest BCUT2D eigenvalue weighted by atomic mass is 9.93. The molecule has 0 saturated carbocycles. The number of aldehydes is 1. The third-order valence-electron chi connectivity index (χ3n) is 3.26. The number of pyridine rings is 1. The number of carbonyl (C=O) groups excluding carboxylic acids is 1. The van der Waals surface area contributed by atoms with Crippen LogP contribution in [0.15, 0.2) is 30.5 Å². The van der Waals surface area contributed by atoms with E-state index in [1.807, 2.05) is 12.1 Å². The van der Waals surface area contributed by atoms with Crippen molar-refractivity contribution in [3.63, 3.8) is 0 Å². The highest BCUT2D eigenvalue weighted by atomic mass is 35.5. The van der Waals surface area contributed by atoms with Gasteiger partial charge in [-0.05, 0) is 41.2 Å². The summed E-state index contributed by atoms with van der Waals surface area (Å²) in [4.78, 5) is 15.1. The molecule has 0 unspecified atom stereocenters. The highest BCUT2D eigenvalue weighted by Crippen LogP contribution is 2.29. The number of aromatic nitrogens is 1. The second-order valence-corrected chi connectivity index (χ2v) is 5.26. The van der Waals surface area contributed by atoms with Gasteiger partial charge in [-0.15, -0.1) is 0 Å². The quantitative estimate of drug-likeness (QED) is 0.602. The Kier molecular flexibility index (Phi) is 4.01. The lowest BCUT2D eigenvalue weighted by Gasteiger charge is -2.12. The monoisotopic (exact) mass is 273 g/mol. The molecule has 0 spiro atoms. The third kappa shape index (κ3) is 2.69. The first-order valence-electron chi connectivity index (χ1n) is 6.25. The number of carbonyl (C=O) groups is 1. The highest BCUT2D eigenvalue weighted by Gasteiger charge is 2.11. The number of halogens is 1. The first-order valence-corrected chi connectivity index (χ1v) is 6.63. The fourth-order valence-corrected chi connectivity index (χ4v) is 2.51. The Morgan fingerprint density at radius 3 is 2.58 bits per heavy atom. The predicted octanol–water partition coefficient (Wildman–Crippen LogP) is 4.65. The molecule has 3 heteroatoms. The number of hydrogen-bond donors (Lipinski definition) is 0. The number of rotatable bonds is 3. The van der Waals surface area contributed by atoms with Crippen LogP contribution in [0.2, 0.25) is 5.15 Å². The van der Waals surface area contributed by atoms with Crippen LogP contribution in [-0.2, 0) is 0 Å². The normalized spacial score (nSPS) is 10.8. The van der Waals surface area contributed by atoms with Crippen molar-refractivity contribution >= 4 is 17.9 Å². The van der Waals surface area contributed by atoms with Gasteiger partial charge in [0.25, 0.3) is 0 Å². The summed E-state index contributed by atoms with van der Waals surface area (Å²) in [5, 5.41) is 0.248. The molecule has 0 atom stereocenters. The van der Waals surface area contributed by atoms with Gasteiger partial charge in [0, 0.05) is 6.20 Å². The van der Waals surface area contributed by atoms with Gasteiger partial charge in [-0.3, -0.25) is 4.79 Å². The topological polar surface area (TPSA) is 30.0 Å². The lowest BCUT2D eigenvalue weighted by Crippen LogP contribution is -1.95. The maximum Gasteiger partial charge on any atom is 0.153 e. The Hall–Kier alpha value is -1.67. The second-order valence-electron chi connectivity index (χ2n) is 4.91. The van der Waals surface area contributed by atoms with E-state index in [0.717, 1.165) is 17.4 Å². The number of hydrogen-bond acceptors (Lipinski definition) is 2. The van der Waals surface area contributed by atoms with Gasteiger partial charge in [0.05, 0.1) is 5.56 Å². The molecule has 2 rings (SSSR count). The van der Waals surface area contributed by atoms with E-state index >= 15 is 0 Å². The molecule has 1 heterocycles. The van der Waals surface area contributed by atoms with E-state index in [9.17, 15) is 4.79 Å². The van der Waals surface area contributed by atoms with Crippen LogP contribution in [0, 0.1) is 6.92 Å². The van der Waals surface area contributed by atoms with Crippen molar-refractivity contribution in [2.45, 2.75) is 26.7 Å². The molecule has 0 aliphatic heterocycles. The van der Waals surface area contributed by atoms with Crippen molar-refractivity contribution < 1.29 is 4.79 Å². The smallest absolute Gasteiger partial charge is 0.153 e. The molecule has 0 amide bonds. The molecule has 1 aromatic carbocycles. The summed E-state index contributed by atoms with van der Waals surface area (Å²) in [7, 11) is 0. The summed E-state index contributed by atoms with van der Waals surface area (Å²) in [5.74, 6) is 0.487. The van der Waals surface area contributed by atoms with Crippen LogP contribution in [-0.4, -0.2) is 11.3 Å². The Balaban J connectivity index is 2.57. The molecule has 0 radical (unpaired) electrons. The van der Waals surface area contributed by atoms with Crippen LogP contribution in [0.1, 0.15) is 41.3 Å². The maximum absolute atomic E-state index is 11.2. The minimum absolute atomic E-state index is 0.248. The van der Waals surface area contributed by atoms with Gasteiger partial charge in [0.1, 0.15) is 5.15 Å². The van der Waals surface area contributed by atoms with E-state index in [1.54, 1.807) is 6.20 Å². The van der Waals surface area contributed by atoms with Gasteiger partial charge in [0.15, 0.2) is 6.29 Å². The van der Waals surface area contributed by atoms with E-state index in [2.05, 4.69) is 37.9 Å². The Morgan fingerprint density at radius 2 is 2.00 bits per heavy atom. The van der Waals surface area contributed by atoms with Gasteiger partial charge in [-0.1, -0.05) is 43.6 Å². The average molecular weight is 274 g/mol. The number of benzene rings is 1. The van der Waals surface area contributed by atoms with Crippen molar-refractivity contribution in [3.05, 3.63) is 52.3 Å². The van der Waals surface area contributed by atoms with Crippen molar-refractivity contribution in [1.29, 1.82) is 0 Å². The average Bonchev–Trinajstić information content (AvgIpc) is 2.37. The minimum atomic E-state index is 0.248. The van der Waals surface area contributed by atoms with Gasteiger partial charge in [-0.25, -0.2) is 4.98 Å². The molecule has 19 heavy (non-hydrogen) atoms. The maximum atomic E-state index is 11.2. The molecular formula is C16H16ClNO. The Morgan fingerprint density at radius 1 is 1.26 bits per heavy atom. The predicted molar refractivity (Wildman–Crippen MR) is 78.9 cm³/mol. The van der Waals surface area contributed by atoms with E-state index < -0.39 is 0 Å². The van der Waals surface area contributed by atoms with E-state index in [-0.39, 0.29) is 5.15 Å².